The standard InChI is InChI=1S/C20H19N5O/c1-2-6-14(7-3-1)12-19-21-20(26-23-19)15-10-11-18-17(13-15)22-24-25(18)16-8-4-5-9-16/h1-3,6-7,10-11,13,16H,4-5,8-9,12H2. The van der Waals surface area contributed by atoms with Gasteiger partial charge in [-0.2, -0.15) is 4.98 Å². The predicted molar refractivity (Wildman–Crippen MR) is 97.6 cm³/mol. The Labute approximate surface area is 150 Å². The molecule has 0 saturated heterocycles. The van der Waals surface area contributed by atoms with Crippen molar-refractivity contribution in [2.24, 2.45) is 0 Å². The van der Waals surface area contributed by atoms with Gasteiger partial charge in [0.15, 0.2) is 5.82 Å². The van der Waals surface area contributed by atoms with Gasteiger partial charge in [-0.3, -0.25) is 0 Å². The highest BCUT2D eigenvalue weighted by Gasteiger charge is 2.20. The van der Waals surface area contributed by atoms with Crippen LogP contribution in [0, 0.1) is 0 Å². The first kappa shape index (κ1) is 15.3. The van der Waals surface area contributed by atoms with Gasteiger partial charge in [0.05, 0.1) is 11.6 Å². The third-order valence-electron chi connectivity index (χ3n) is 5.06. The van der Waals surface area contributed by atoms with Crippen LogP contribution in [0.3, 0.4) is 0 Å². The molecule has 0 aliphatic heterocycles. The van der Waals surface area contributed by atoms with Crippen LogP contribution in [-0.4, -0.2) is 25.1 Å². The van der Waals surface area contributed by atoms with E-state index in [4.69, 9.17) is 4.52 Å². The first-order chi connectivity index (χ1) is 12.9. The van der Waals surface area contributed by atoms with E-state index in [1.807, 2.05) is 30.3 Å². The second-order valence-corrected chi connectivity index (χ2v) is 6.85. The highest BCUT2D eigenvalue weighted by Crippen LogP contribution is 2.32. The Bertz CT molecular complexity index is 1030. The minimum Gasteiger partial charge on any atom is -0.334 e. The lowest BCUT2D eigenvalue weighted by Crippen LogP contribution is -2.06. The zero-order valence-corrected chi connectivity index (χ0v) is 14.4. The van der Waals surface area contributed by atoms with Gasteiger partial charge in [0.25, 0.3) is 5.89 Å². The van der Waals surface area contributed by atoms with E-state index < -0.39 is 0 Å². The minimum atomic E-state index is 0.478. The number of fused-ring (bicyclic) bond motifs is 1. The molecule has 1 saturated carbocycles. The summed E-state index contributed by atoms with van der Waals surface area (Å²) in [6.07, 6.45) is 5.58. The van der Waals surface area contributed by atoms with Crippen LogP contribution in [0.15, 0.2) is 53.1 Å². The van der Waals surface area contributed by atoms with E-state index in [2.05, 4.69) is 43.3 Å². The summed E-state index contributed by atoms with van der Waals surface area (Å²) in [6, 6.07) is 16.7. The molecule has 0 N–H and O–H groups in total. The van der Waals surface area contributed by atoms with Crippen molar-refractivity contribution in [2.45, 2.75) is 38.1 Å². The van der Waals surface area contributed by atoms with Gasteiger partial charge >= 0.3 is 0 Å². The summed E-state index contributed by atoms with van der Waals surface area (Å²) >= 11 is 0. The van der Waals surface area contributed by atoms with Crippen LogP contribution < -0.4 is 0 Å². The Kier molecular flexibility index (Phi) is 3.74. The molecule has 26 heavy (non-hydrogen) atoms. The molecule has 6 nitrogen and oxygen atoms in total. The van der Waals surface area contributed by atoms with Crippen molar-refractivity contribution in [1.29, 1.82) is 0 Å². The maximum absolute atomic E-state index is 5.46. The van der Waals surface area contributed by atoms with E-state index in [1.165, 1.54) is 25.7 Å². The Morgan fingerprint density at radius 2 is 1.88 bits per heavy atom. The molecule has 0 amide bonds. The molecule has 130 valence electrons. The molecule has 2 heterocycles. The minimum absolute atomic E-state index is 0.478. The summed E-state index contributed by atoms with van der Waals surface area (Å²) in [5, 5.41) is 12.8. The van der Waals surface area contributed by atoms with Gasteiger partial charge in [-0.1, -0.05) is 53.5 Å². The highest BCUT2D eigenvalue weighted by molar-refractivity contribution is 5.79. The SMILES string of the molecule is c1ccc(Cc2noc(-c3ccc4c(c3)nnn4C3CCCC3)n2)cc1. The zero-order chi connectivity index (χ0) is 17.3. The van der Waals surface area contributed by atoms with E-state index in [1.54, 1.807) is 0 Å². The maximum atomic E-state index is 5.46. The van der Waals surface area contributed by atoms with Gasteiger partial charge in [0.2, 0.25) is 0 Å². The van der Waals surface area contributed by atoms with Gasteiger partial charge in [-0.25, -0.2) is 4.68 Å². The first-order valence-corrected chi connectivity index (χ1v) is 9.09. The first-order valence-electron chi connectivity index (χ1n) is 9.09. The van der Waals surface area contributed by atoms with Crippen molar-refractivity contribution in [1.82, 2.24) is 25.1 Å². The van der Waals surface area contributed by atoms with Crippen LogP contribution in [0.2, 0.25) is 0 Å². The van der Waals surface area contributed by atoms with Crippen molar-refractivity contribution in [3.05, 3.63) is 59.9 Å². The lowest BCUT2D eigenvalue weighted by atomic mass is 10.1. The van der Waals surface area contributed by atoms with Crippen LogP contribution in [0.1, 0.15) is 43.1 Å². The topological polar surface area (TPSA) is 69.6 Å². The summed E-state index contributed by atoms with van der Waals surface area (Å²) in [5.41, 5.74) is 3.99. The highest BCUT2D eigenvalue weighted by atomic mass is 16.5. The summed E-state index contributed by atoms with van der Waals surface area (Å²) < 4.78 is 7.53. The molecule has 1 aliphatic rings. The predicted octanol–water partition coefficient (Wildman–Crippen LogP) is 4.19. The lowest BCUT2D eigenvalue weighted by molar-refractivity contribution is 0.424. The van der Waals surface area contributed by atoms with Gasteiger partial charge in [-0.05, 0) is 36.6 Å². The average molecular weight is 345 g/mol. The fraction of sp³-hybridized carbons (Fsp3) is 0.300. The third-order valence-corrected chi connectivity index (χ3v) is 5.06. The molecule has 0 spiro atoms. The van der Waals surface area contributed by atoms with Crippen molar-refractivity contribution in [3.8, 4) is 11.5 Å². The summed E-state index contributed by atoms with van der Waals surface area (Å²) in [5.74, 6) is 1.20. The monoisotopic (exact) mass is 345 g/mol. The zero-order valence-electron chi connectivity index (χ0n) is 14.4. The molecule has 0 bridgehead atoms. The molecule has 1 fully saturated rings. The lowest BCUT2D eigenvalue weighted by Gasteiger charge is -2.09. The van der Waals surface area contributed by atoms with Crippen LogP contribution in [0.5, 0.6) is 0 Å². The smallest absolute Gasteiger partial charge is 0.258 e. The molecular weight excluding hydrogens is 326 g/mol. The van der Waals surface area contributed by atoms with Crippen molar-refractivity contribution < 1.29 is 4.52 Å². The van der Waals surface area contributed by atoms with Crippen LogP contribution in [0.25, 0.3) is 22.5 Å². The van der Waals surface area contributed by atoms with Gasteiger partial charge in [0, 0.05) is 12.0 Å². The molecule has 2 aromatic carbocycles. The number of aromatic nitrogens is 5. The number of hydrogen-bond donors (Lipinski definition) is 0. The molecule has 2 aromatic heterocycles. The average Bonchev–Trinajstić information content (AvgIpc) is 3.42. The number of hydrogen-bond acceptors (Lipinski definition) is 5. The molecule has 0 atom stereocenters. The van der Waals surface area contributed by atoms with Gasteiger partial charge in [0.1, 0.15) is 5.52 Å². The molecule has 4 aromatic rings. The quantitative estimate of drug-likeness (QED) is 0.555. The van der Waals surface area contributed by atoms with E-state index >= 15 is 0 Å². The molecule has 0 radical (unpaired) electrons. The van der Waals surface area contributed by atoms with Crippen LogP contribution in [-0.2, 0) is 6.42 Å². The second kappa shape index (κ2) is 6.37. The van der Waals surface area contributed by atoms with Gasteiger partial charge in [-0.15, -0.1) is 5.10 Å². The molecule has 0 unspecified atom stereocenters. The fourth-order valence-electron chi connectivity index (χ4n) is 3.71. The maximum Gasteiger partial charge on any atom is 0.258 e. The Morgan fingerprint density at radius 1 is 1.04 bits per heavy atom. The summed E-state index contributed by atoms with van der Waals surface area (Å²) in [7, 11) is 0. The summed E-state index contributed by atoms with van der Waals surface area (Å²) in [4.78, 5) is 4.53. The molecule has 5 rings (SSSR count). The number of rotatable bonds is 4. The van der Waals surface area contributed by atoms with Crippen molar-refractivity contribution in [2.75, 3.05) is 0 Å². The van der Waals surface area contributed by atoms with Crippen molar-refractivity contribution >= 4 is 11.0 Å². The molecule has 1 aliphatic carbocycles. The Morgan fingerprint density at radius 3 is 2.73 bits per heavy atom. The fourth-order valence-corrected chi connectivity index (χ4v) is 3.71. The van der Waals surface area contributed by atoms with Crippen molar-refractivity contribution in [3.63, 3.8) is 0 Å². The second-order valence-electron chi connectivity index (χ2n) is 6.85. The largest absolute Gasteiger partial charge is 0.334 e. The third kappa shape index (κ3) is 2.77. The van der Waals surface area contributed by atoms with E-state index in [9.17, 15) is 0 Å². The molecule has 6 heteroatoms. The van der Waals surface area contributed by atoms with Crippen LogP contribution >= 0.6 is 0 Å². The number of nitrogens with zero attached hydrogens (tertiary/aromatic N) is 5. The van der Waals surface area contributed by atoms with E-state index in [0.717, 1.165) is 22.2 Å². The Hall–Kier alpha value is -3.02. The normalized spacial score (nSPS) is 15.1. The van der Waals surface area contributed by atoms with Gasteiger partial charge < -0.3 is 4.52 Å². The van der Waals surface area contributed by atoms with E-state index in [0.29, 0.717) is 24.2 Å². The Balaban J connectivity index is 1.42. The van der Waals surface area contributed by atoms with Crippen LogP contribution in [0.4, 0.5) is 0 Å². The molecular formula is C20H19N5O. The summed E-state index contributed by atoms with van der Waals surface area (Å²) in [6.45, 7) is 0. The van der Waals surface area contributed by atoms with E-state index in [-0.39, 0.29) is 0 Å². The number of benzene rings is 2.